The number of anilines is 1. The number of carbonyl (C=O) groups is 1. The van der Waals surface area contributed by atoms with Crippen LogP contribution in [-0.2, 0) is 12.8 Å². The fraction of sp³-hybridized carbons (Fsp3) is 0.444. The number of aryl methyl sites for hydroxylation is 1. The predicted molar refractivity (Wildman–Crippen MR) is 142 cm³/mol. The number of fused-ring (bicyclic) bond motifs is 2. The lowest BCUT2D eigenvalue weighted by Crippen LogP contribution is -2.45. The van der Waals surface area contributed by atoms with E-state index in [1.165, 1.54) is 0 Å². The molecule has 5 rings (SSSR count). The number of rotatable bonds is 6. The van der Waals surface area contributed by atoms with Gasteiger partial charge in [0.25, 0.3) is 11.5 Å². The molecule has 0 bridgehead atoms. The van der Waals surface area contributed by atoms with Gasteiger partial charge in [-0.2, -0.15) is 0 Å². The number of piperidine rings is 1. The van der Waals surface area contributed by atoms with Crippen LogP contribution >= 0.6 is 11.6 Å². The van der Waals surface area contributed by atoms with Crippen LogP contribution in [0.25, 0.3) is 10.9 Å². The molecule has 1 saturated heterocycles. The van der Waals surface area contributed by atoms with E-state index in [0.717, 1.165) is 62.2 Å². The molecule has 2 aliphatic rings. The minimum absolute atomic E-state index is 0.0887. The molecule has 1 aromatic heterocycles. The highest BCUT2D eigenvalue weighted by Crippen LogP contribution is 2.44. The lowest BCUT2D eigenvalue weighted by atomic mass is 9.98. The molecule has 0 radical (unpaired) electrons. The van der Waals surface area contributed by atoms with Gasteiger partial charge in [0.15, 0.2) is 0 Å². The molecule has 3 heterocycles. The molecular weight excluding hydrogens is 478 g/mol. The quantitative estimate of drug-likeness (QED) is 0.437. The summed E-state index contributed by atoms with van der Waals surface area (Å²) in [7, 11) is 0. The Morgan fingerprint density at radius 2 is 2.06 bits per heavy atom. The summed E-state index contributed by atoms with van der Waals surface area (Å²) in [6.07, 6.45) is 3.98. The van der Waals surface area contributed by atoms with Crippen LogP contribution < -0.4 is 21.3 Å². The minimum atomic E-state index is -0.420. The van der Waals surface area contributed by atoms with E-state index in [0.29, 0.717) is 33.8 Å². The van der Waals surface area contributed by atoms with Gasteiger partial charge in [-0.05, 0) is 57.9 Å². The molecule has 0 saturated carbocycles. The summed E-state index contributed by atoms with van der Waals surface area (Å²) in [6.45, 7) is 6.67. The van der Waals surface area contributed by atoms with Crippen LogP contribution in [0.5, 0.6) is 5.75 Å². The predicted octanol–water partition coefficient (Wildman–Crippen LogP) is 3.70. The maximum atomic E-state index is 13.1. The minimum Gasteiger partial charge on any atom is -0.486 e. The summed E-state index contributed by atoms with van der Waals surface area (Å²) < 4.78 is 6.07. The summed E-state index contributed by atoms with van der Waals surface area (Å²) in [4.78, 5) is 35.3. The average molecular weight is 510 g/mol. The smallest absolute Gasteiger partial charge is 0.258 e. The van der Waals surface area contributed by atoms with E-state index in [4.69, 9.17) is 22.1 Å². The third kappa shape index (κ3) is 5.06. The Bertz CT molecular complexity index is 1360. The van der Waals surface area contributed by atoms with Gasteiger partial charge in [0.05, 0.1) is 27.2 Å². The zero-order chi connectivity index (χ0) is 25.4. The number of ether oxygens (including phenoxy) is 1. The van der Waals surface area contributed by atoms with Gasteiger partial charge in [0.1, 0.15) is 17.2 Å². The van der Waals surface area contributed by atoms with Crippen molar-refractivity contribution in [3.8, 4) is 5.75 Å². The average Bonchev–Trinajstić information content (AvgIpc) is 3.18. The number of likely N-dealkylation sites (tertiary alicyclic amines) is 1. The summed E-state index contributed by atoms with van der Waals surface area (Å²) in [5.41, 5.74) is 8.14. The van der Waals surface area contributed by atoms with Gasteiger partial charge in [0.2, 0.25) is 0 Å². The van der Waals surface area contributed by atoms with Crippen LogP contribution in [0.1, 0.15) is 54.9 Å². The molecule has 2 aromatic carbocycles. The molecule has 0 aliphatic carbocycles. The molecule has 0 atom stereocenters. The number of hydrogen-bond acceptors (Lipinski definition) is 6. The van der Waals surface area contributed by atoms with Gasteiger partial charge in [-0.15, -0.1) is 0 Å². The summed E-state index contributed by atoms with van der Waals surface area (Å²) in [5, 5.41) is 4.17. The van der Waals surface area contributed by atoms with Crippen LogP contribution in [0.2, 0.25) is 5.02 Å². The van der Waals surface area contributed by atoms with Crippen molar-refractivity contribution in [1.29, 1.82) is 0 Å². The molecule has 1 amide bonds. The first-order valence-electron chi connectivity index (χ1n) is 12.5. The van der Waals surface area contributed by atoms with Gasteiger partial charge >= 0.3 is 0 Å². The van der Waals surface area contributed by atoms with Crippen molar-refractivity contribution >= 4 is 34.1 Å². The van der Waals surface area contributed by atoms with Crippen molar-refractivity contribution < 1.29 is 9.53 Å². The van der Waals surface area contributed by atoms with Crippen molar-refractivity contribution in [1.82, 2.24) is 20.2 Å². The summed E-state index contributed by atoms with van der Waals surface area (Å²) in [6, 6.07) is 9.10. The number of carbonyl (C=O) groups excluding carboxylic acids is 1. The Morgan fingerprint density at radius 3 is 2.83 bits per heavy atom. The Labute approximate surface area is 215 Å². The second kappa shape index (κ2) is 9.75. The lowest BCUT2D eigenvalue weighted by molar-refractivity contribution is 0.0898. The van der Waals surface area contributed by atoms with Gasteiger partial charge in [0, 0.05) is 37.5 Å². The van der Waals surface area contributed by atoms with Crippen LogP contribution in [0.4, 0.5) is 5.69 Å². The topological polar surface area (TPSA) is 113 Å². The Hall–Kier alpha value is -3.10. The van der Waals surface area contributed by atoms with Crippen LogP contribution in [0.3, 0.4) is 0 Å². The number of halogens is 1. The normalized spacial score (nSPS) is 17.6. The number of nitrogens with zero attached hydrogens (tertiary/aromatic N) is 2. The van der Waals surface area contributed by atoms with Crippen LogP contribution in [0.15, 0.2) is 35.1 Å². The highest BCUT2D eigenvalue weighted by atomic mass is 35.5. The monoisotopic (exact) mass is 509 g/mol. The number of H-pyrrole nitrogens is 1. The van der Waals surface area contributed by atoms with Crippen molar-refractivity contribution in [2.45, 2.75) is 57.6 Å². The van der Waals surface area contributed by atoms with E-state index in [2.05, 4.69) is 20.2 Å². The first-order valence-corrected chi connectivity index (χ1v) is 12.9. The number of amides is 1. The summed E-state index contributed by atoms with van der Waals surface area (Å²) in [5.74, 6) is 1.11. The Kier molecular flexibility index (Phi) is 6.66. The summed E-state index contributed by atoms with van der Waals surface area (Å²) >= 11 is 6.34. The molecule has 3 aromatic rings. The Morgan fingerprint density at radius 1 is 1.31 bits per heavy atom. The second-order valence-electron chi connectivity index (χ2n) is 10.4. The molecule has 190 valence electrons. The van der Waals surface area contributed by atoms with E-state index in [1.807, 2.05) is 32.0 Å². The molecule has 9 heteroatoms. The highest BCUT2D eigenvalue weighted by Gasteiger charge is 2.36. The van der Waals surface area contributed by atoms with Gasteiger partial charge in [-0.3, -0.25) is 9.59 Å². The van der Waals surface area contributed by atoms with Gasteiger partial charge in [-0.1, -0.05) is 23.7 Å². The SMILES string of the molecule is CC1(C)Cc2c(N)c(Cl)cc(C(=O)NC3CCN(CCCc4nc5ccccc5c(=O)[nH]4)CC3)c2O1. The van der Waals surface area contributed by atoms with E-state index < -0.39 is 5.60 Å². The zero-order valence-electron chi connectivity index (χ0n) is 20.7. The molecule has 1 fully saturated rings. The standard InChI is InChI=1S/C27H32ClN5O3/c1-27(2)15-19-23(29)20(28)14-18(24(19)36-27)26(35)30-16-9-12-33(13-10-16)11-5-8-22-31-21-7-4-3-6-17(21)25(34)32-22/h3-4,6-7,14,16H,5,8-13,15,29H2,1-2H3,(H,30,35)(H,31,32,34). The number of nitrogens with two attached hydrogens (primary N) is 1. The molecule has 2 aliphatic heterocycles. The number of nitrogen functional groups attached to an aromatic ring is 1. The Balaban J connectivity index is 1.13. The first-order chi connectivity index (χ1) is 17.2. The van der Waals surface area contributed by atoms with E-state index in [-0.39, 0.29) is 17.5 Å². The van der Waals surface area contributed by atoms with E-state index in [9.17, 15) is 9.59 Å². The number of hydrogen-bond donors (Lipinski definition) is 3. The maximum absolute atomic E-state index is 13.1. The fourth-order valence-electron chi connectivity index (χ4n) is 5.19. The molecular formula is C27H32ClN5O3. The van der Waals surface area contributed by atoms with Crippen molar-refractivity contribution in [3.63, 3.8) is 0 Å². The molecule has 4 N–H and O–H groups in total. The number of aromatic nitrogens is 2. The van der Waals surface area contributed by atoms with Gasteiger partial charge < -0.3 is 25.7 Å². The van der Waals surface area contributed by atoms with Crippen LogP contribution in [-0.4, -0.2) is 52.1 Å². The van der Waals surface area contributed by atoms with E-state index >= 15 is 0 Å². The molecule has 0 spiro atoms. The third-order valence-electron chi connectivity index (χ3n) is 7.07. The first kappa shape index (κ1) is 24.6. The third-order valence-corrected chi connectivity index (χ3v) is 7.38. The van der Waals surface area contributed by atoms with Crippen molar-refractivity contribution in [3.05, 3.63) is 62.7 Å². The number of para-hydroxylation sites is 1. The molecule has 0 unspecified atom stereocenters. The highest BCUT2D eigenvalue weighted by molar-refractivity contribution is 6.33. The number of nitrogens with one attached hydrogen (secondary N) is 2. The molecule has 36 heavy (non-hydrogen) atoms. The maximum Gasteiger partial charge on any atom is 0.258 e. The van der Waals surface area contributed by atoms with Crippen LogP contribution in [0, 0.1) is 0 Å². The van der Waals surface area contributed by atoms with E-state index in [1.54, 1.807) is 12.1 Å². The zero-order valence-corrected chi connectivity index (χ0v) is 21.5. The largest absolute Gasteiger partial charge is 0.486 e. The second-order valence-corrected chi connectivity index (χ2v) is 10.8. The lowest BCUT2D eigenvalue weighted by Gasteiger charge is -2.32. The number of benzene rings is 2. The molecule has 8 nitrogen and oxygen atoms in total. The van der Waals surface area contributed by atoms with Crippen molar-refractivity contribution in [2.75, 3.05) is 25.4 Å². The fourth-order valence-corrected chi connectivity index (χ4v) is 5.41. The van der Waals surface area contributed by atoms with Crippen molar-refractivity contribution in [2.24, 2.45) is 0 Å². The van der Waals surface area contributed by atoms with Gasteiger partial charge in [-0.25, -0.2) is 4.98 Å². The number of aromatic amines is 1.